The van der Waals surface area contributed by atoms with E-state index in [1.165, 1.54) is 18.4 Å². The molecule has 1 aliphatic heterocycles. The zero-order valence-corrected chi connectivity index (χ0v) is 13.7. The Labute approximate surface area is 137 Å². The number of halogens is 1. The van der Waals surface area contributed by atoms with Crippen LogP contribution in [0.1, 0.15) is 24.8 Å². The quantitative estimate of drug-likeness (QED) is 0.790. The highest BCUT2D eigenvalue weighted by atomic mass is 35.5. The molecule has 0 N–H and O–H groups in total. The maximum absolute atomic E-state index is 6.25. The van der Waals surface area contributed by atoms with Crippen LogP contribution in [-0.4, -0.2) is 24.7 Å². The fraction of sp³-hybridized carbons (Fsp3) is 0.368. The SMILES string of the molecule is CN1CCCCC1OCc1ccc(-c2ccccc2Cl)cc1. The fourth-order valence-corrected chi connectivity index (χ4v) is 3.17. The zero-order valence-electron chi connectivity index (χ0n) is 13.0. The van der Waals surface area contributed by atoms with Gasteiger partial charge in [-0.3, -0.25) is 4.90 Å². The van der Waals surface area contributed by atoms with Crippen molar-refractivity contribution >= 4 is 11.6 Å². The smallest absolute Gasteiger partial charge is 0.110 e. The molecule has 1 atom stereocenters. The molecule has 1 fully saturated rings. The Morgan fingerprint density at radius 3 is 2.59 bits per heavy atom. The minimum absolute atomic E-state index is 0.261. The van der Waals surface area contributed by atoms with Crippen molar-refractivity contribution in [3.8, 4) is 11.1 Å². The molecule has 0 aromatic heterocycles. The average molecular weight is 316 g/mol. The van der Waals surface area contributed by atoms with Crippen LogP contribution in [0.4, 0.5) is 0 Å². The molecule has 22 heavy (non-hydrogen) atoms. The Bertz CT molecular complexity index is 611. The second-order valence-corrected chi connectivity index (χ2v) is 6.33. The maximum atomic E-state index is 6.25. The molecule has 0 spiro atoms. The van der Waals surface area contributed by atoms with Crippen LogP contribution in [0.2, 0.25) is 5.02 Å². The third-order valence-corrected chi connectivity index (χ3v) is 4.61. The van der Waals surface area contributed by atoms with Gasteiger partial charge in [0.2, 0.25) is 0 Å². The Hall–Kier alpha value is -1.35. The Kier molecular flexibility index (Phi) is 5.14. The molecule has 2 nitrogen and oxygen atoms in total. The van der Waals surface area contributed by atoms with Crippen molar-refractivity contribution in [2.24, 2.45) is 0 Å². The number of hydrogen-bond donors (Lipinski definition) is 0. The number of benzene rings is 2. The molecule has 2 aromatic carbocycles. The number of hydrogen-bond acceptors (Lipinski definition) is 2. The van der Waals surface area contributed by atoms with Crippen molar-refractivity contribution in [3.63, 3.8) is 0 Å². The van der Waals surface area contributed by atoms with E-state index in [4.69, 9.17) is 16.3 Å². The Morgan fingerprint density at radius 1 is 1.09 bits per heavy atom. The van der Waals surface area contributed by atoms with E-state index in [1.807, 2.05) is 24.3 Å². The van der Waals surface area contributed by atoms with Gasteiger partial charge < -0.3 is 4.74 Å². The molecule has 1 heterocycles. The largest absolute Gasteiger partial charge is 0.358 e. The third kappa shape index (κ3) is 3.70. The normalized spacial score (nSPS) is 19.3. The van der Waals surface area contributed by atoms with E-state index < -0.39 is 0 Å². The molecular weight excluding hydrogens is 294 g/mol. The minimum atomic E-state index is 0.261. The summed E-state index contributed by atoms with van der Waals surface area (Å²) in [5.41, 5.74) is 3.42. The van der Waals surface area contributed by atoms with Crippen molar-refractivity contribution < 1.29 is 4.74 Å². The number of ether oxygens (including phenoxy) is 1. The lowest BCUT2D eigenvalue weighted by molar-refractivity contribution is -0.0761. The average Bonchev–Trinajstić information content (AvgIpc) is 2.55. The predicted molar refractivity (Wildman–Crippen MR) is 91.9 cm³/mol. The predicted octanol–water partition coefficient (Wildman–Crippen LogP) is 4.97. The van der Waals surface area contributed by atoms with Crippen molar-refractivity contribution in [3.05, 3.63) is 59.1 Å². The molecule has 3 rings (SSSR count). The van der Waals surface area contributed by atoms with Gasteiger partial charge in [0.1, 0.15) is 6.23 Å². The van der Waals surface area contributed by atoms with Gasteiger partial charge in [-0.05, 0) is 43.5 Å². The Morgan fingerprint density at radius 2 is 1.86 bits per heavy atom. The molecule has 2 aromatic rings. The Balaban J connectivity index is 1.63. The lowest BCUT2D eigenvalue weighted by Gasteiger charge is -2.32. The molecule has 0 saturated carbocycles. The van der Waals surface area contributed by atoms with Crippen molar-refractivity contribution in [1.82, 2.24) is 4.90 Å². The van der Waals surface area contributed by atoms with E-state index in [1.54, 1.807) is 0 Å². The summed E-state index contributed by atoms with van der Waals surface area (Å²) in [6.45, 7) is 1.80. The maximum Gasteiger partial charge on any atom is 0.110 e. The van der Waals surface area contributed by atoms with Crippen molar-refractivity contribution in [2.45, 2.75) is 32.1 Å². The minimum Gasteiger partial charge on any atom is -0.358 e. The highest BCUT2D eigenvalue weighted by molar-refractivity contribution is 6.33. The summed E-state index contributed by atoms with van der Waals surface area (Å²) in [6.07, 6.45) is 3.94. The first-order valence-corrected chi connectivity index (χ1v) is 8.27. The van der Waals surface area contributed by atoms with Gasteiger partial charge in [0.15, 0.2) is 0 Å². The second-order valence-electron chi connectivity index (χ2n) is 5.92. The van der Waals surface area contributed by atoms with E-state index in [-0.39, 0.29) is 6.23 Å². The van der Waals surface area contributed by atoms with Gasteiger partial charge in [0.25, 0.3) is 0 Å². The van der Waals surface area contributed by atoms with Crippen molar-refractivity contribution in [2.75, 3.05) is 13.6 Å². The summed E-state index contributed by atoms with van der Waals surface area (Å²) >= 11 is 6.25. The monoisotopic (exact) mass is 315 g/mol. The summed E-state index contributed by atoms with van der Waals surface area (Å²) in [7, 11) is 2.14. The van der Waals surface area contributed by atoms with Crippen molar-refractivity contribution in [1.29, 1.82) is 0 Å². The fourth-order valence-electron chi connectivity index (χ4n) is 2.92. The van der Waals surface area contributed by atoms with Gasteiger partial charge >= 0.3 is 0 Å². The van der Waals surface area contributed by atoms with Gasteiger partial charge in [0, 0.05) is 17.1 Å². The summed E-state index contributed by atoms with van der Waals surface area (Å²) in [5.74, 6) is 0. The molecule has 3 heteroatoms. The molecule has 1 saturated heterocycles. The first-order valence-electron chi connectivity index (χ1n) is 7.90. The first-order chi connectivity index (χ1) is 10.7. The van der Waals surface area contributed by atoms with Crippen LogP contribution in [0, 0.1) is 0 Å². The molecule has 1 unspecified atom stereocenters. The van der Waals surface area contributed by atoms with Gasteiger partial charge in [-0.15, -0.1) is 0 Å². The van der Waals surface area contributed by atoms with Crippen LogP contribution < -0.4 is 0 Å². The van der Waals surface area contributed by atoms with Crippen LogP contribution in [0.25, 0.3) is 11.1 Å². The summed E-state index contributed by atoms with van der Waals surface area (Å²) in [6, 6.07) is 16.4. The van der Waals surface area contributed by atoms with Crippen LogP contribution in [0.15, 0.2) is 48.5 Å². The summed E-state index contributed by atoms with van der Waals surface area (Å²) < 4.78 is 6.05. The standard InChI is InChI=1S/C19H22ClNO/c1-21-13-5-4-8-19(21)22-14-15-9-11-16(12-10-15)17-6-2-3-7-18(17)20/h2-3,6-7,9-12,19H,4-5,8,13-14H2,1H3. The zero-order chi connectivity index (χ0) is 15.4. The topological polar surface area (TPSA) is 12.5 Å². The highest BCUT2D eigenvalue weighted by Gasteiger charge is 2.19. The highest BCUT2D eigenvalue weighted by Crippen LogP contribution is 2.27. The molecule has 0 bridgehead atoms. The number of likely N-dealkylation sites (tertiary alicyclic amines) is 1. The van der Waals surface area contributed by atoms with Gasteiger partial charge in [0.05, 0.1) is 6.61 Å². The van der Waals surface area contributed by atoms with E-state index in [0.29, 0.717) is 6.61 Å². The third-order valence-electron chi connectivity index (χ3n) is 4.28. The molecule has 0 aliphatic carbocycles. The molecule has 0 amide bonds. The number of nitrogens with zero attached hydrogens (tertiary/aromatic N) is 1. The molecule has 0 radical (unpaired) electrons. The lowest BCUT2D eigenvalue weighted by Crippen LogP contribution is -2.37. The molecular formula is C19H22ClNO. The van der Waals surface area contributed by atoms with Crippen LogP contribution >= 0.6 is 11.6 Å². The van der Waals surface area contributed by atoms with E-state index in [2.05, 4.69) is 36.2 Å². The van der Waals surface area contributed by atoms with E-state index >= 15 is 0 Å². The van der Waals surface area contributed by atoms with Crippen LogP contribution in [0.5, 0.6) is 0 Å². The molecule has 116 valence electrons. The van der Waals surface area contributed by atoms with Crippen LogP contribution in [-0.2, 0) is 11.3 Å². The number of rotatable bonds is 4. The van der Waals surface area contributed by atoms with Gasteiger partial charge in [-0.1, -0.05) is 54.1 Å². The lowest BCUT2D eigenvalue weighted by atomic mass is 10.0. The van der Waals surface area contributed by atoms with E-state index in [9.17, 15) is 0 Å². The number of piperidine rings is 1. The first kappa shape index (κ1) is 15.5. The molecule has 1 aliphatic rings. The van der Waals surface area contributed by atoms with Gasteiger partial charge in [-0.2, -0.15) is 0 Å². The van der Waals surface area contributed by atoms with Gasteiger partial charge in [-0.25, -0.2) is 0 Å². The summed E-state index contributed by atoms with van der Waals surface area (Å²) in [4.78, 5) is 2.31. The second kappa shape index (κ2) is 7.28. The van der Waals surface area contributed by atoms with Crippen LogP contribution in [0.3, 0.4) is 0 Å². The summed E-state index contributed by atoms with van der Waals surface area (Å²) in [5, 5.41) is 0.787. The van der Waals surface area contributed by atoms with E-state index in [0.717, 1.165) is 29.1 Å².